The van der Waals surface area contributed by atoms with E-state index in [1.54, 1.807) is 0 Å². The first-order chi connectivity index (χ1) is 20.8. The van der Waals surface area contributed by atoms with Gasteiger partial charge in [0.05, 0.1) is 39.0 Å². The topological polar surface area (TPSA) is 115 Å². The van der Waals surface area contributed by atoms with Crippen molar-refractivity contribution in [1.82, 2.24) is 0 Å². The van der Waals surface area contributed by atoms with E-state index in [4.69, 9.17) is 10.2 Å². The molecule has 0 aliphatic rings. The molecule has 0 heterocycles. The number of carbonyl (C=O) groups excluding carboxylic acids is 1. The monoisotopic (exact) mass is 609 g/mol. The highest BCUT2D eigenvalue weighted by atomic mass is 16.4. The zero-order valence-electron chi connectivity index (χ0n) is 27.8. The van der Waals surface area contributed by atoms with Crippen molar-refractivity contribution in [3.05, 3.63) is 12.2 Å². The van der Waals surface area contributed by atoms with E-state index in [-0.39, 0.29) is 19.3 Å². The van der Waals surface area contributed by atoms with Crippen LogP contribution in [0.25, 0.3) is 0 Å². The largest absolute Gasteiger partial charge is 0.550 e. The summed E-state index contributed by atoms with van der Waals surface area (Å²) in [5.74, 6) is -2.76. The molecule has 0 aliphatic carbocycles. The molecule has 0 rings (SSSR count). The van der Waals surface area contributed by atoms with Crippen molar-refractivity contribution in [1.29, 1.82) is 0 Å². The molecule has 0 aliphatic heterocycles. The van der Waals surface area contributed by atoms with E-state index in [9.17, 15) is 19.5 Å². The van der Waals surface area contributed by atoms with E-state index < -0.39 is 17.9 Å². The maximum atomic E-state index is 11.1. The third-order valence-corrected chi connectivity index (χ3v) is 8.70. The quantitative estimate of drug-likeness (QED) is 0.0430. The van der Waals surface area contributed by atoms with E-state index in [0.717, 1.165) is 38.6 Å². The van der Waals surface area contributed by atoms with Gasteiger partial charge in [0.2, 0.25) is 0 Å². The highest BCUT2D eigenvalue weighted by Crippen LogP contribution is 2.18. The molecule has 7 nitrogen and oxygen atoms in total. The van der Waals surface area contributed by atoms with Gasteiger partial charge in [-0.25, -0.2) is 0 Å². The predicted octanol–water partition coefficient (Wildman–Crippen LogP) is 8.44. The standard InChI is InChI=1S/C36H67NO6/c1-2-3-4-5-6-7-8-9-10-11-12-13-14-15-16-17-18-19-20-21-22-23-30-37(31-24-27-34(38)39,32-25-28-35(40)41)33-26-29-36(42)43/h18-19H,2-17,20-33H2,1H3,(H2-,38,39,40,41,42,43)/b19-18+. The number of quaternary nitrogens is 1. The Labute approximate surface area is 264 Å². The predicted molar refractivity (Wildman–Crippen MR) is 175 cm³/mol. The van der Waals surface area contributed by atoms with Crippen LogP contribution in [0.1, 0.15) is 174 Å². The second-order valence-electron chi connectivity index (χ2n) is 12.8. The minimum absolute atomic E-state index is 0.0258. The van der Waals surface area contributed by atoms with Gasteiger partial charge in [0.1, 0.15) is 0 Å². The Morgan fingerprint density at radius 2 is 0.814 bits per heavy atom. The Balaban J connectivity index is 4.04. The molecule has 0 aromatic heterocycles. The number of carboxylic acids is 3. The molecule has 7 heteroatoms. The third kappa shape index (κ3) is 29.9. The van der Waals surface area contributed by atoms with Crippen molar-refractivity contribution in [2.75, 3.05) is 26.2 Å². The molecule has 0 fully saturated rings. The maximum absolute atomic E-state index is 11.1. The summed E-state index contributed by atoms with van der Waals surface area (Å²) in [6.45, 7) is 5.00. The molecule has 2 N–H and O–H groups in total. The lowest BCUT2D eigenvalue weighted by atomic mass is 10.0. The average molecular weight is 610 g/mol. The molecular weight excluding hydrogens is 542 g/mol. The summed E-state index contributed by atoms with van der Waals surface area (Å²) in [6.07, 6.45) is 32.4. The lowest BCUT2D eigenvalue weighted by molar-refractivity contribution is -0.929. The molecule has 0 unspecified atom stereocenters. The van der Waals surface area contributed by atoms with Gasteiger partial charge in [-0.05, 0) is 44.9 Å². The summed E-state index contributed by atoms with van der Waals surface area (Å²) in [4.78, 5) is 33.1. The number of allylic oxidation sites excluding steroid dienone is 2. The van der Waals surface area contributed by atoms with E-state index in [2.05, 4.69) is 19.1 Å². The van der Waals surface area contributed by atoms with Crippen molar-refractivity contribution in [2.24, 2.45) is 0 Å². The highest BCUT2D eigenvalue weighted by Gasteiger charge is 2.26. The lowest BCUT2D eigenvalue weighted by Crippen LogP contribution is -2.51. The van der Waals surface area contributed by atoms with Crippen LogP contribution in [0.3, 0.4) is 0 Å². The first-order valence-corrected chi connectivity index (χ1v) is 17.9. The van der Waals surface area contributed by atoms with Crippen LogP contribution in [0.4, 0.5) is 0 Å². The number of carboxylic acid groups (broad SMARTS) is 3. The summed E-state index contributed by atoms with van der Waals surface area (Å²) in [6, 6.07) is 0. The first-order valence-electron chi connectivity index (χ1n) is 17.9. The Bertz CT molecular complexity index is 658. The zero-order chi connectivity index (χ0) is 31.9. The molecule has 0 atom stereocenters. The Morgan fingerprint density at radius 3 is 1.19 bits per heavy atom. The summed E-state index contributed by atoms with van der Waals surface area (Å²) in [7, 11) is 0. The molecule has 43 heavy (non-hydrogen) atoms. The van der Waals surface area contributed by atoms with Gasteiger partial charge in [0.25, 0.3) is 0 Å². The van der Waals surface area contributed by atoms with Crippen LogP contribution >= 0.6 is 0 Å². The fraction of sp³-hybridized carbons (Fsp3) is 0.861. The molecule has 0 aromatic rings. The summed E-state index contributed by atoms with van der Waals surface area (Å²) >= 11 is 0. The van der Waals surface area contributed by atoms with Crippen LogP contribution in [0.5, 0.6) is 0 Å². The van der Waals surface area contributed by atoms with E-state index >= 15 is 0 Å². The van der Waals surface area contributed by atoms with Crippen LogP contribution in [-0.2, 0) is 14.4 Å². The third-order valence-electron chi connectivity index (χ3n) is 8.70. The van der Waals surface area contributed by atoms with Crippen molar-refractivity contribution < 1.29 is 34.2 Å². The molecule has 0 spiro atoms. The Morgan fingerprint density at radius 1 is 0.488 bits per heavy atom. The van der Waals surface area contributed by atoms with Gasteiger partial charge in [0.15, 0.2) is 0 Å². The van der Waals surface area contributed by atoms with Crippen molar-refractivity contribution in [3.63, 3.8) is 0 Å². The zero-order valence-corrected chi connectivity index (χ0v) is 27.8. The highest BCUT2D eigenvalue weighted by molar-refractivity contribution is 5.66. The summed E-state index contributed by atoms with van der Waals surface area (Å²) < 4.78 is 0.600. The van der Waals surface area contributed by atoms with Crippen molar-refractivity contribution in [3.8, 4) is 0 Å². The van der Waals surface area contributed by atoms with Crippen molar-refractivity contribution >= 4 is 17.9 Å². The van der Waals surface area contributed by atoms with Crippen LogP contribution in [0, 0.1) is 0 Å². The minimum atomic E-state index is -1.08. The maximum Gasteiger partial charge on any atom is 0.303 e. The Kier molecular flexibility index (Phi) is 28.8. The summed E-state index contributed by atoms with van der Waals surface area (Å²) in [5, 5.41) is 29.2. The first kappa shape index (κ1) is 41.1. The molecule has 0 bridgehead atoms. The molecule has 0 saturated carbocycles. The number of aliphatic carboxylic acids is 3. The molecular formula is C36H67NO6. The number of hydrogen-bond donors (Lipinski definition) is 2. The minimum Gasteiger partial charge on any atom is -0.550 e. The van der Waals surface area contributed by atoms with E-state index in [1.165, 1.54) is 96.3 Å². The molecule has 0 amide bonds. The second kappa shape index (κ2) is 30.1. The van der Waals surface area contributed by atoms with Crippen LogP contribution in [0.2, 0.25) is 0 Å². The lowest BCUT2D eigenvalue weighted by Gasteiger charge is -2.39. The number of rotatable bonds is 34. The molecule has 0 aromatic carbocycles. The second-order valence-corrected chi connectivity index (χ2v) is 12.8. The van der Waals surface area contributed by atoms with E-state index in [0.29, 0.717) is 43.4 Å². The van der Waals surface area contributed by atoms with Gasteiger partial charge < -0.3 is 24.6 Å². The number of unbranched alkanes of at least 4 members (excludes halogenated alkanes) is 18. The van der Waals surface area contributed by atoms with Gasteiger partial charge >= 0.3 is 11.9 Å². The van der Waals surface area contributed by atoms with Gasteiger partial charge in [-0.3, -0.25) is 9.59 Å². The molecule has 0 radical (unpaired) electrons. The number of hydrogen-bond acceptors (Lipinski definition) is 4. The average Bonchev–Trinajstić information content (AvgIpc) is 2.95. The van der Waals surface area contributed by atoms with Crippen molar-refractivity contribution in [2.45, 2.75) is 174 Å². The van der Waals surface area contributed by atoms with Gasteiger partial charge in [-0.2, -0.15) is 0 Å². The fourth-order valence-corrected chi connectivity index (χ4v) is 6.12. The molecule has 252 valence electrons. The van der Waals surface area contributed by atoms with Crippen LogP contribution in [0.15, 0.2) is 12.2 Å². The normalized spacial score (nSPS) is 11.8. The SMILES string of the molecule is CCCCCCCCCCCCCCCCC/C=C/CCCCC[N+](CCCC(=O)[O-])(CCCC(=O)O)CCCC(=O)O. The van der Waals surface area contributed by atoms with E-state index in [1.807, 2.05) is 0 Å². The number of carbonyl (C=O) groups is 3. The molecule has 0 saturated heterocycles. The Hall–Kier alpha value is -1.89. The van der Waals surface area contributed by atoms with Crippen LogP contribution < -0.4 is 5.11 Å². The van der Waals surface area contributed by atoms with Gasteiger partial charge in [-0.1, -0.05) is 109 Å². The van der Waals surface area contributed by atoms with Gasteiger partial charge in [0, 0.05) is 25.2 Å². The van der Waals surface area contributed by atoms with Crippen LogP contribution in [-0.4, -0.2) is 58.8 Å². The van der Waals surface area contributed by atoms with Gasteiger partial charge in [-0.15, -0.1) is 0 Å². The fourth-order valence-electron chi connectivity index (χ4n) is 6.12. The summed E-state index contributed by atoms with van der Waals surface area (Å²) in [5.41, 5.74) is 0. The smallest absolute Gasteiger partial charge is 0.303 e. The number of nitrogens with zero attached hydrogens (tertiary/aromatic N) is 1.